The lowest BCUT2D eigenvalue weighted by atomic mass is 9.96. The number of methoxy groups -OCH3 is 1. The van der Waals surface area contributed by atoms with Crippen LogP contribution in [0.25, 0.3) is 0 Å². The smallest absolute Gasteiger partial charge is 0.246 e. The molecule has 5 nitrogen and oxygen atoms in total. The molecule has 2 rings (SSSR count). The van der Waals surface area contributed by atoms with Crippen LogP contribution in [-0.4, -0.2) is 38.5 Å². The molecule has 2 N–H and O–H groups in total. The van der Waals surface area contributed by atoms with E-state index in [1.54, 1.807) is 7.11 Å². The fourth-order valence-corrected chi connectivity index (χ4v) is 4.25. The van der Waals surface area contributed by atoms with Gasteiger partial charge >= 0.3 is 0 Å². The van der Waals surface area contributed by atoms with Gasteiger partial charge in [0.25, 0.3) is 0 Å². The number of piperidine rings is 1. The summed E-state index contributed by atoms with van der Waals surface area (Å²) in [5.74, 6) is -0.753. The fourth-order valence-electron chi connectivity index (χ4n) is 2.54. The Hall–Kier alpha value is -1.02. The third-order valence-electron chi connectivity index (χ3n) is 3.97. The molecule has 1 aliphatic heterocycles. The molecule has 0 radical (unpaired) electrons. The molecule has 21 heavy (non-hydrogen) atoms. The van der Waals surface area contributed by atoms with Crippen LogP contribution in [0.2, 0.25) is 0 Å². The van der Waals surface area contributed by atoms with Crippen LogP contribution in [0.5, 0.6) is 0 Å². The third-order valence-corrected chi connectivity index (χ3v) is 5.83. The molecule has 1 unspecified atom stereocenters. The number of ether oxygens (including phenoxy) is 1. The first-order valence-corrected chi connectivity index (χ1v) is 8.30. The van der Waals surface area contributed by atoms with Gasteiger partial charge in [-0.2, -0.15) is 4.31 Å². The van der Waals surface area contributed by atoms with E-state index in [4.69, 9.17) is 10.5 Å². The van der Waals surface area contributed by atoms with Gasteiger partial charge in [-0.25, -0.2) is 12.8 Å². The number of hydrogen-bond donors (Lipinski definition) is 1. The average Bonchev–Trinajstić information content (AvgIpc) is 2.47. The lowest BCUT2D eigenvalue weighted by Gasteiger charge is -2.38. The third kappa shape index (κ3) is 3.26. The Morgan fingerprint density at radius 2 is 2.19 bits per heavy atom. The Kier molecular flexibility index (Phi) is 4.67. The minimum atomic E-state index is -3.88. The van der Waals surface area contributed by atoms with E-state index >= 15 is 0 Å². The van der Waals surface area contributed by atoms with Crippen LogP contribution in [0.4, 0.5) is 4.39 Å². The second kappa shape index (κ2) is 6.00. The zero-order chi connectivity index (χ0) is 15.7. The minimum absolute atomic E-state index is 0.165. The second-order valence-electron chi connectivity index (χ2n) is 5.57. The fraction of sp³-hybridized carbons (Fsp3) is 0.571. The number of hydrogen-bond acceptors (Lipinski definition) is 4. The number of nitrogens with two attached hydrogens (primary N) is 1. The quantitative estimate of drug-likeness (QED) is 0.913. The molecule has 0 aromatic heterocycles. The highest BCUT2D eigenvalue weighted by atomic mass is 32.2. The Balaban J connectivity index is 2.38. The van der Waals surface area contributed by atoms with E-state index < -0.39 is 21.4 Å². The minimum Gasteiger partial charge on any atom is -0.377 e. The first-order chi connectivity index (χ1) is 9.82. The lowest BCUT2D eigenvalue weighted by molar-refractivity contribution is -0.0319. The maximum Gasteiger partial charge on any atom is 0.246 e. The monoisotopic (exact) mass is 316 g/mol. The first-order valence-electron chi connectivity index (χ1n) is 6.86. The van der Waals surface area contributed by atoms with Gasteiger partial charge in [-0.1, -0.05) is 6.07 Å². The van der Waals surface area contributed by atoms with Crippen LogP contribution in [0.15, 0.2) is 23.1 Å². The number of nitrogens with zero attached hydrogens (tertiary/aromatic N) is 1. The van der Waals surface area contributed by atoms with Crippen molar-refractivity contribution in [2.45, 2.75) is 36.8 Å². The molecule has 1 saturated heterocycles. The van der Waals surface area contributed by atoms with Gasteiger partial charge in [0, 0.05) is 26.7 Å². The summed E-state index contributed by atoms with van der Waals surface area (Å²) in [7, 11) is -2.32. The molecule has 0 aliphatic carbocycles. The van der Waals surface area contributed by atoms with Crippen molar-refractivity contribution in [3.63, 3.8) is 0 Å². The van der Waals surface area contributed by atoms with E-state index in [-0.39, 0.29) is 18.0 Å². The van der Waals surface area contributed by atoms with Gasteiger partial charge < -0.3 is 10.5 Å². The van der Waals surface area contributed by atoms with Crippen molar-refractivity contribution in [1.82, 2.24) is 4.31 Å². The molecule has 0 amide bonds. The van der Waals surface area contributed by atoms with Crippen molar-refractivity contribution in [2.75, 3.05) is 20.2 Å². The van der Waals surface area contributed by atoms with E-state index in [2.05, 4.69) is 0 Å². The van der Waals surface area contributed by atoms with Crippen molar-refractivity contribution in [1.29, 1.82) is 0 Å². The summed E-state index contributed by atoms with van der Waals surface area (Å²) in [6.45, 7) is 2.62. The molecule has 1 aliphatic rings. The van der Waals surface area contributed by atoms with Crippen molar-refractivity contribution < 1.29 is 17.5 Å². The van der Waals surface area contributed by atoms with Gasteiger partial charge in [-0.3, -0.25) is 0 Å². The molecular formula is C14H21FN2O3S. The van der Waals surface area contributed by atoms with Crippen LogP contribution in [-0.2, 0) is 21.3 Å². The van der Waals surface area contributed by atoms with Crippen molar-refractivity contribution >= 4 is 10.0 Å². The Morgan fingerprint density at radius 3 is 2.81 bits per heavy atom. The van der Waals surface area contributed by atoms with Crippen LogP contribution in [0, 0.1) is 5.82 Å². The van der Waals surface area contributed by atoms with Gasteiger partial charge in [0.1, 0.15) is 10.7 Å². The Morgan fingerprint density at radius 1 is 1.48 bits per heavy atom. The van der Waals surface area contributed by atoms with Gasteiger partial charge in [-0.05, 0) is 37.5 Å². The number of rotatable bonds is 4. The standard InChI is InChI=1S/C14H21FN2O3S/c1-14(20-2)6-3-7-17(10-14)21(18,19)13-8-11(9-16)4-5-12(13)15/h4-5,8H,3,6-7,9-10,16H2,1-2H3. The summed E-state index contributed by atoms with van der Waals surface area (Å²) < 4.78 is 46.0. The highest BCUT2D eigenvalue weighted by Gasteiger charge is 2.38. The summed E-state index contributed by atoms with van der Waals surface area (Å²) in [4.78, 5) is -0.314. The molecule has 7 heteroatoms. The maximum absolute atomic E-state index is 14.0. The van der Waals surface area contributed by atoms with Gasteiger partial charge in [0.2, 0.25) is 10.0 Å². The molecular weight excluding hydrogens is 295 g/mol. The van der Waals surface area contributed by atoms with E-state index in [1.807, 2.05) is 6.92 Å². The molecule has 1 aromatic rings. The van der Waals surface area contributed by atoms with E-state index in [0.717, 1.165) is 12.5 Å². The van der Waals surface area contributed by atoms with Crippen molar-refractivity contribution in [2.24, 2.45) is 5.73 Å². The van der Waals surface area contributed by atoms with Crippen LogP contribution in [0.1, 0.15) is 25.3 Å². The number of benzene rings is 1. The van der Waals surface area contributed by atoms with E-state index in [9.17, 15) is 12.8 Å². The predicted molar refractivity (Wildman–Crippen MR) is 77.7 cm³/mol. The predicted octanol–water partition coefficient (Wildman–Crippen LogP) is 1.47. The molecule has 1 fully saturated rings. The Bertz CT molecular complexity index is 621. The number of halogens is 1. The topological polar surface area (TPSA) is 72.6 Å². The maximum atomic E-state index is 14.0. The summed E-state index contributed by atoms with van der Waals surface area (Å²) in [6.07, 6.45) is 1.46. The zero-order valence-electron chi connectivity index (χ0n) is 12.3. The lowest BCUT2D eigenvalue weighted by Crippen LogP contribution is -2.49. The number of sulfonamides is 1. The van der Waals surface area contributed by atoms with E-state index in [1.165, 1.54) is 16.4 Å². The molecule has 0 bridgehead atoms. The largest absolute Gasteiger partial charge is 0.377 e. The van der Waals surface area contributed by atoms with Gasteiger partial charge in [-0.15, -0.1) is 0 Å². The zero-order valence-corrected chi connectivity index (χ0v) is 13.1. The Labute approximate surface area is 124 Å². The average molecular weight is 316 g/mol. The molecule has 1 atom stereocenters. The summed E-state index contributed by atoms with van der Waals surface area (Å²) in [5, 5.41) is 0. The SMILES string of the molecule is COC1(C)CCCN(S(=O)(=O)c2cc(CN)ccc2F)C1. The second-order valence-corrected chi connectivity index (χ2v) is 7.47. The first kappa shape index (κ1) is 16.4. The van der Waals surface area contributed by atoms with Crippen molar-refractivity contribution in [3.05, 3.63) is 29.6 Å². The highest BCUT2D eigenvalue weighted by molar-refractivity contribution is 7.89. The van der Waals surface area contributed by atoms with Crippen molar-refractivity contribution in [3.8, 4) is 0 Å². The van der Waals surface area contributed by atoms with Gasteiger partial charge in [0.05, 0.1) is 5.60 Å². The van der Waals surface area contributed by atoms with Crippen LogP contribution < -0.4 is 5.73 Å². The normalized spacial score (nSPS) is 24.2. The molecule has 118 valence electrons. The molecule has 0 spiro atoms. The van der Waals surface area contributed by atoms with Gasteiger partial charge in [0.15, 0.2) is 0 Å². The summed E-state index contributed by atoms with van der Waals surface area (Å²) in [6, 6.07) is 3.95. The van der Waals surface area contributed by atoms with Crippen LogP contribution >= 0.6 is 0 Å². The molecule has 0 saturated carbocycles. The van der Waals surface area contributed by atoms with Crippen LogP contribution in [0.3, 0.4) is 0 Å². The highest BCUT2D eigenvalue weighted by Crippen LogP contribution is 2.29. The molecule has 1 heterocycles. The van der Waals surface area contributed by atoms with E-state index in [0.29, 0.717) is 18.5 Å². The molecule has 1 aromatic carbocycles. The summed E-state index contributed by atoms with van der Waals surface area (Å²) in [5.41, 5.74) is 5.55. The summed E-state index contributed by atoms with van der Waals surface area (Å²) >= 11 is 0.